The molecule has 1 unspecified atom stereocenters. The molecule has 1 aromatic carbocycles. The van der Waals surface area contributed by atoms with Crippen LogP contribution in [0.5, 0.6) is 0 Å². The van der Waals surface area contributed by atoms with Gasteiger partial charge in [0.1, 0.15) is 0 Å². The highest BCUT2D eigenvalue weighted by molar-refractivity contribution is 5.94. The normalized spacial score (nSPS) is 18.7. The van der Waals surface area contributed by atoms with Gasteiger partial charge in [0.25, 0.3) is 5.91 Å². The maximum atomic E-state index is 12.3. The van der Waals surface area contributed by atoms with Gasteiger partial charge in [-0.15, -0.1) is 0 Å². The number of hydrogen-bond acceptors (Lipinski definition) is 3. The number of nitrogens with zero attached hydrogens (tertiary/aromatic N) is 2. The largest absolute Gasteiger partial charge is 0.396 e. The lowest BCUT2D eigenvalue weighted by Gasteiger charge is -2.17. The molecule has 1 aliphatic rings. The fourth-order valence-electron chi connectivity index (χ4n) is 2.52. The van der Waals surface area contributed by atoms with Crippen LogP contribution in [-0.2, 0) is 0 Å². The molecule has 1 N–H and O–H groups in total. The van der Waals surface area contributed by atoms with Crippen molar-refractivity contribution >= 4 is 11.6 Å². The highest BCUT2D eigenvalue weighted by atomic mass is 16.3. The first-order valence-corrected chi connectivity index (χ1v) is 6.79. The van der Waals surface area contributed by atoms with Crippen molar-refractivity contribution in [3.63, 3.8) is 0 Å². The molecule has 0 bridgehead atoms. The summed E-state index contributed by atoms with van der Waals surface area (Å²) in [6.07, 6.45) is 1.80. The van der Waals surface area contributed by atoms with Gasteiger partial charge in [0, 0.05) is 45.0 Å². The third-order valence-corrected chi connectivity index (χ3v) is 3.74. The van der Waals surface area contributed by atoms with E-state index in [0.717, 1.165) is 37.2 Å². The minimum Gasteiger partial charge on any atom is -0.396 e. The van der Waals surface area contributed by atoms with Crippen molar-refractivity contribution in [2.75, 3.05) is 38.7 Å². The highest BCUT2D eigenvalue weighted by Crippen LogP contribution is 2.22. The van der Waals surface area contributed by atoms with Gasteiger partial charge in [-0.25, -0.2) is 0 Å². The average Bonchev–Trinajstić information content (AvgIpc) is 2.87. The zero-order valence-electron chi connectivity index (χ0n) is 11.7. The monoisotopic (exact) mass is 262 g/mol. The Morgan fingerprint density at radius 2 is 2.05 bits per heavy atom. The van der Waals surface area contributed by atoms with E-state index in [9.17, 15) is 4.79 Å². The summed E-state index contributed by atoms with van der Waals surface area (Å²) >= 11 is 0. The van der Waals surface area contributed by atoms with E-state index < -0.39 is 0 Å². The summed E-state index contributed by atoms with van der Waals surface area (Å²) in [4.78, 5) is 16.2. The topological polar surface area (TPSA) is 43.8 Å². The molecular weight excluding hydrogens is 240 g/mol. The van der Waals surface area contributed by atoms with Gasteiger partial charge >= 0.3 is 0 Å². The third kappa shape index (κ3) is 3.26. The number of anilines is 1. The number of amides is 1. The lowest BCUT2D eigenvalue weighted by Crippen LogP contribution is -2.28. The predicted octanol–water partition coefficient (Wildman–Crippen LogP) is 1.60. The zero-order valence-corrected chi connectivity index (χ0v) is 11.7. The molecule has 1 atom stereocenters. The second-order valence-corrected chi connectivity index (χ2v) is 5.36. The molecule has 0 spiro atoms. The molecule has 1 saturated heterocycles. The number of benzene rings is 1. The molecule has 2 rings (SSSR count). The number of aliphatic hydroxyl groups is 1. The van der Waals surface area contributed by atoms with Crippen LogP contribution in [-0.4, -0.2) is 49.7 Å². The van der Waals surface area contributed by atoms with Gasteiger partial charge in [-0.05, 0) is 43.0 Å². The Morgan fingerprint density at radius 1 is 1.37 bits per heavy atom. The first kappa shape index (κ1) is 13.9. The first-order chi connectivity index (χ1) is 9.11. The summed E-state index contributed by atoms with van der Waals surface area (Å²) in [6, 6.07) is 7.71. The van der Waals surface area contributed by atoms with Gasteiger partial charge in [-0.3, -0.25) is 4.79 Å². The summed E-state index contributed by atoms with van der Waals surface area (Å²) in [5.74, 6) is 0.556. The molecular formula is C15H22N2O2. The number of likely N-dealkylation sites (tertiary alicyclic amines) is 1. The van der Waals surface area contributed by atoms with Crippen LogP contribution >= 0.6 is 0 Å². The maximum Gasteiger partial charge on any atom is 0.253 e. The van der Waals surface area contributed by atoms with Crippen molar-refractivity contribution in [1.29, 1.82) is 0 Å². The van der Waals surface area contributed by atoms with E-state index in [-0.39, 0.29) is 12.5 Å². The number of rotatable bonds is 4. The lowest BCUT2D eigenvalue weighted by atomic mass is 10.1. The van der Waals surface area contributed by atoms with Gasteiger partial charge in [0.15, 0.2) is 0 Å². The van der Waals surface area contributed by atoms with Gasteiger partial charge in [0.2, 0.25) is 0 Å². The van der Waals surface area contributed by atoms with Crippen molar-refractivity contribution in [3.05, 3.63) is 29.8 Å². The van der Waals surface area contributed by atoms with Crippen molar-refractivity contribution in [3.8, 4) is 0 Å². The van der Waals surface area contributed by atoms with E-state index in [1.165, 1.54) is 0 Å². The van der Waals surface area contributed by atoms with Crippen LogP contribution < -0.4 is 4.90 Å². The van der Waals surface area contributed by atoms with E-state index in [0.29, 0.717) is 5.92 Å². The maximum absolute atomic E-state index is 12.3. The van der Waals surface area contributed by atoms with Crippen LogP contribution in [0.1, 0.15) is 23.2 Å². The summed E-state index contributed by atoms with van der Waals surface area (Å²) < 4.78 is 0. The zero-order chi connectivity index (χ0) is 13.8. The van der Waals surface area contributed by atoms with Crippen LogP contribution in [0.3, 0.4) is 0 Å². The summed E-state index contributed by atoms with van der Waals surface area (Å²) in [7, 11) is 3.97. The molecule has 104 valence electrons. The second kappa shape index (κ2) is 6.06. The molecule has 1 heterocycles. The predicted molar refractivity (Wildman–Crippen MR) is 76.5 cm³/mol. The van der Waals surface area contributed by atoms with Crippen LogP contribution in [0.4, 0.5) is 5.69 Å². The Balaban J connectivity index is 2.00. The molecule has 1 aromatic rings. The van der Waals surface area contributed by atoms with Gasteiger partial charge in [-0.1, -0.05) is 0 Å². The Bertz CT molecular complexity index is 428. The van der Waals surface area contributed by atoms with Crippen molar-refractivity contribution in [2.45, 2.75) is 12.8 Å². The molecule has 4 nitrogen and oxygen atoms in total. The molecule has 19 heavy (non-hydrogen) atoms. The van der Waals surface area contributed by atoms with Crippen molar-refractivity contribution in [2.24, 2.45) is 5.92 Å². The SMILES string of the molecule is CN(C)c1ccc(C(=O)N2CCC(CCO)C2)cc1. The fraction of sp³-hybridized carbons (Fsp3) is 0.533. The molecule has 1 amide bonds. The van der Waals surface area contributed by atoms with Crippen LogP contribution in [0.25, 0.3) is 0 Å². The molecule has 0 aromatic heterocycles. The van der Waals surface area contributed by atoms with E-state index in [1.807, 2.05) is 48.2 Å². The molecule has 0 radical (unpaired) electrons. The molecule has 0 aliphatic carbocycles. The molecule has 0 saturated carbocycles. The van der Waals surface area contributed by atoms with Gasteiger partial charge < -0.3 is 14.9 Å². The Kier molecular flexibility index (Phi) is 4.43. The Hall–Kier alpha value is -1.55. The number of carbonyl (C=O) groups is 1. The quantitative estimate of drug-likeness (QED) is 0.896. The lowest BCUT2D eigenvalue weighted by molar-refractivity contribution is 0.0785. The van der Waals surface area contributed by atoms with E-state index >= 15 is 0 Å². The van der Waals surface area contributed by atoms with Crippen LogP contribution in [0.15, 0.2) is 24.3 Å². The summed E-state index contributed by atoms with van der Waals surface area (Å²) in [6.45, 7) is 1.79. The minimum atomic E-state index is 0.103. The van der Waals surface area contributed by atoms with E-state index in [1.54, 1.807) is 0 Å². The fourth-order valence-corrected chi connectivity index (χ4v) is 2.52. The number of carbonyl (C=O) groups excluding carboxylic acids is 1. The van der Waals surface area contributed by atoms with E-state index in [4.69, 9.17) is 5.11 Å². The Labute approximate surface area is 114 Å². The summed E-state index contributed by atoms with van der Waals surface area (Å²) in [5.41, 5.74) is 1.84. The van der Waals surface area contributed by atoms with E-state index in [2.05, 4.69) is 0 Å². The number of aliphatic hydroxyl groups excluding tert-OH is 1. The molecule has 1 fully saturated rings. The smallest absolute Gasteiger partial charge is 0.253 e. The standard InChI is InChI=1S/C15H22N2O2/c1-16(2)14-5-3-13(4-6-14)15(19)17-9-7-12(11-17)8-10-18/h3-6,12,18H,7-11H2,1-2H3. The van der Waals surface area contributed by atoms with Crippen molar-refractivity contribution in [1.82, 2.24) is 4.90 Å². The number of hydrogen-bond donors (Lipinski definition) is 1. The second-order valence-electron chi connectivity index (χ2n) is 5.36. The van der Waals surface area contributed by atoms with Gasteiger partial charge in [-0.2, -0.15) is 0 Å². The minimum absolute atomic E-state index is 0.103. The first-order valence-electron chi connectivity index (χ1n) is 6.79. The van der Waals surface area contributed by atoms with Crippen molar-refractivity contribution < 1.29 is 9.90 Å². The Morgan fingerprint density at radius 3 is 2.63 bits per heavy atom. The molecule has 1 aliphatic heterocycles. The van der Waals surface area contributed by atoms with Crippen LogP contribution in [0, 0.1) is 5.92 Å². The third-order valence-electron chi connectivity index (χ3n) is 3.74. The summed E-state index contributed by atoms with van der Waals surface area (Å²) in [5, 5.41) is 8.94. The average molecular weight is 262 g/mol. The highest BCUT2D eigenvalue weighted by Gasteiger charge is 2.26. The molecule has 4 heteroatoms. The van der Waals surface area contributed by atoms with Gasteiger partial charge in [0.05, 0.1) is 0 Å². The van der Waals surface area contributed by atoms with Crippen LogP contribution in [0.2, 0.25) is 0 Å².